The third-order valence-electron chi connectivity index (χ3n) is 3.16. The van der Waals surface area contributed by atoms with Gasteiger partial charge in [-0.25, -0.2) is 0 Å². The number of hydrogen-bond donors (Lipinski definition) is 3. The molecule has 0 aromatic rings. The molecule has 0 heterocycles. The molecule has 14 heavy (non-hydrogen) atoms. The van der Waals surface area contributed by atoms with E-state index in [0.717, 1.165) is 19.3 Å². The number of rotatable bonds is 4. The highest BCUT2D eigenvalue weighted by Crippen LogP contribution is 2.19. The summed E-state index contributed by atoms with van der Waals surface area (Å²) in [7, 11) is 0. The average Bonchev–Trinajstić information content (AvgIpc) is 2.16. The number of aliphatic hydroxyl groups excluding tert-OH is 2. The van der Waals surface area contributed by atoms with Crippen molar-refractivity contribution in [2.45, 2.75) is 57.7 Å². The van der Waals surface area contributed by atoms with E-state index in [0.29, 0.717) is 5.92 Å². The quantitative estimate of drug-likeness (QED) is 0.633. The predicted octanol–water partition coefficient (Wildman–Crippen LogP) is 0.896. The van der Waals surface area contributed by atoms with E-state index in [2.05, 4.69) is 19.2 Å². The van der Waals surface area contributed by atoms with E-state index < -0.39 is 0 Å². The minimum atomic E-state index is -0.225. The molecule has 84 valence electrons. The molecule has 0 bridgehead atoms. The SMILES string of the molecule is CC(C)C(CO)N[C@@H]1CCCC[C@H]1O. The van der Waals surface area contributed by atoms with Gasteiger partial charge in [0.15, 0.2) is 0 Å². The molecule has 3 N–H and O–H groups in total. The molecule has 1 aliphatic rings. The van der Waals surface area contributed by atoms with Gasteiger partial charge in [0.1, 0.15) is 0 Å². The first-order valence-electron chi connectivity index (χ1n) is 5.70. The minimum absolute atomic E-state index is 0.118. The first kappa shape index (κ1) is 12.0. The van der Waals surface area contributed by atoms with Crippen molar-refractivity contribution in [1.29, 1.82) is 0 Å². The van der Waals surface area contributed by atoms with Crippen LogP contribution in [0.25, 0.3) is 0 Å². The molecule has 3 heteroatoms. The van der Waals surface area contributed by atoms with Crippen LogP contribution < -0.4 is 5.32 Å². The summed E-state index contributed by atoms with van der Waals surface area (Å²) in [6.07, 6.45) is 4.02. The van der Waals surface area contributed by atoms with Crippen molar-refractivity contribution in [2.24, 2.45) is 5.92 Å². The molecule has 3 nitrogen and oxygen atoms in total. The summed E-state index contributed by atoms with van der Waals surface area (Å²) in [5, 5.41) is 22.3. The lowest BCUT2D eigenvalue weighted by Crippen LogP contribution is -2.50. The summed E-state index contributed by atoms with van der Waals surface area (Å²) in [6, 6.07) is 0.302. The number of nitrogens with one attached hydrogen (secondary N) is 1. The van der Waals surface area contributed by atoms with Crippen LogP contribution in [0.1, 0.15) is 39.5 Å². The van der Waals surface area contributed by atoms with Gasteiger partial charge in [0.25, 0.3) is 0 Å². The first-order valence-corrected chi connectivity index (χ1v) is 5.70. The fourth-order valence-corrected chi connectivity index (χ4v) is 2.04. The molecule has 0 aromatic heterocycles. The number of aliphatic hydroxyl groups is 2. The van der Waals surface area contributed by atoms with Gasteiger partial charge in [0.05, 0.1) is 12.7 Å². The monoisotopic (exact) mass is 201 g/mol. The largest absolute Gasteiger partial charge is 0.395 e. The Morgan fingerprint density at radius 3 is 2.43 bits per heavy atom. The Balaban J connectivity index is 2.39. The summed E-state index contributed by atoms with van der Waals surface area (Å²) >= 11 is 0. The Morgan fingerprint density at radius 1 is 1.29 bits per heavy atom. The van der Waals surface area contributed by atoms with E-state index in [9.17, 15) is 5.11 Å². The van der Waals surface area contributed by atoms with Gasteiger partial charge in [-0.15, -0.1) is 0 Å². The van der Waals surface area contributed by atoms with Crippen LogP contribution in [0.3, 0.4) is 0 Å². The van der Waals surface area contributed by atoms with Crippen molar-refractivity contribution in [3.05, 3.63) is 0 Å². The van der Waals surface area contributed by atoms with E-state index in [-0.39, 0.29) is 24.8 Å². The average molecular weight is 201 g/mol. The van der Waals surface area contributed by atoms with E-state index in [1.165, 1.54) is 6.42 Å². The maximum atomic E-state index is 9.75. The van der Waals surface area contributed by atoms with Crippen molar-refractivity contribution in [1.82, 2.24) is 5.32 Å². The third kappa shape index (κ3) is 3.23. The fraction of sp³-hybridized carbons (Fsp3) is 1.00. The van der Waals surface area contributed by atoms with Crippen LogP contribution in [0.2, 0.25) is 0 Å². The summed E-state index contributed by atoms with van der Waals surface area (Å²) in [5.74, 6) is 0.411. The topological polar surface area (TPSA) is 52.5 Å². The zero-order valence-electron chi connectivity index (χ0n) is 9.24. The molecule has 1 unspecified atom stereocenters. The molecule has 3 atom stereocenters. The molecule has 1 aliphatic carbocycles. The zero-order valence-corrected chi connectivity index (χ0v) is 9.24. The Morgan fingerprint density at radius 2 is 1.93 bits per heavy atom. The van der Waals surface area contributed by atoms with Gasteiger partial charge >= 0.3 is 0 Å². The van der Waals surface area contributed by atoms with E-state index in [1.807, 2.05) is 0 Å². The van der Waals surface area contributed by atoms with Crippen LogP contribution >= 0.6 is 0 Å². The summed E-state index contributed by atoms with van der Waals surface area (Å²) in [4.78, 5) is 0. The van der Waals surface area contributed by atoms with Crippen LogP contribution in [0.5, 0.6) is 0 Å². The van der Waals surface area contributed by atoms with Crippen LogP contribution in [0, 0.1) is 5.92 Å². The molecular weight excluding hydrogens is 178 g/mol. The van der Waals surface area contributed by atoms with Crippen LogP contribution in [0.15, 0.2) is 0 Å². The molecule has 0 aliphatic heterocycles. The maximum absolute atomic E-state index is 9.75. The van der Waals surface area contributed by atoms with E-state index in [4.69, 9.17) is 5.11 Å². The maximum Gasteiger partial charge on any atom is 0.0693 e. The van der Waals surface area contributed by atoms with E-state index in [1.54, 1.807) is 0 Å². The second-order valence-corrected chi connectivity index (χ2v) is 4.66. The Bertz CT molecular complexity index is 161. The number of hydrogen-bond acceptors (Lipinski definition) is 3. The molecular formula is C11H23NO2. The predicted molar refractivity (Wildman–Crippen MR) is 57.1 cm³/mol. The van der Waals surface area contributed by atoms with Gasteiger partial charge < -0.3 is 15.5 Å². The normalized spacial score (nSPS) is 30.6. The summed E-state index contributed by atoms with van der Waals surface area (Å²) < 4.78 is 0. The Labute approximate surface area is 86.5 Å². The lowest BCUT2D eigenvalue weighted by Gasteiger charge is -2.33. The molecule has 1 fully saturated rings. The lowest BCUT2D eigenvalue weighted by molar-refractivity contribution is 0.0725. The highest BCUT2D eigenvalue weighted by molar-refractivity contribution is 4.84. The van der Waals surface area contributed by atoms with Crippen LogP contribution in [-0.2, 0) is 0 Å². The highest BCUT2D eigenvalue weighted by Gasteiger charge is 2.25. The molecule has 1 rings (SSSR count). The minimum Gasteiger partial charge on any atom is -0.395 e. The third-order valence-corrected chi connectivity index (χ3v) is 3.16. The first-order chi connectivity index (χ1) is 6.65. The van der Waals surface area contributed by atoms with Crippen LogP contribution in [0.4, 0.5) is 0 Å². The molecule has 0 saturated heterocycles. The van der Waals surface area contributed by atoms with Crippen molar-refractivity contribution in [3.63, 3.8) is 0 Å². The van der Waals surface area contributed by atoms with Gasteiger partial charge in [-0.3, -0.25) is 0 Å². The summed E-state index contributed by atoms with van der Waals surface area (Å²) in [5.41, 5.74) is 0. The van der Waals surface area contributed by atoms with Crippen molar-refractivity contribution >= 4 is 0 Å². The Kier molecular flexibility index (Phi) is 4.85. The zero-order chi connectivity index (χ0) is 10.6. The van der Waals surface area contributed by atoms with E-state index >= 15 is 0 Å². The lowest BCUT2D eigenvalue weighted by atomic mass is 9.91. The van der Waals surface area contributed by atoms with Crippen molar-refractivity contribution in [2.75, 3.05) is 6.61 Å². The van der Waals surface area contributed by atoms with Gasteiger partial charge in [-0.05, 0) is 18.8 Å². The van der Waals surface area contributed by atoms with Gasteiger partial charge in [0.2, 0.25) is 0 Å². The Hall–Kier alpha value is -0.120. The van der Waals surface area contributed by atoms with Crippen LogP contribution in [-0.4, -0.2) is 35.0 Å². The molecule has 0 radical (unpaired) electrons. The second kappa shape index (κ2) is 5.69. The summed E-state index contributed by atoms with van der Waals surface area (Å²) in [6.45, 7) is 4.33. The van der Waals surface area contributed by atoms with Crippen molar-refractivity contribution in [3.8, 4) is 0 Å². The molecule has 0 aromatic carbocycles. The van der Waals surface area contributed by atoms with Gasteiger partial charge in [0, 0.05) is 12.1 Å². The van der Waals surface area contributed by atoms with Gasteiger partial charge in [-0.1, -0.05) is 26.7 Å². The van der Waals surface area contributed by atoms with Gasteiger partial charge in [-0.2, -0.15) is 0 Å². The fourth-order valence-electron chi connectivity index (χ4n) is 2.04. The van der Waals surface area contributed by atoms with Crippen molar-refractivity contribution < 1.29 is 10.2 Å². The molecule has 1 saturated carbocycles. The molecule has 0 amide bonds. The smallest absolute Gasteiger partial charge is 0.0693 e. The molecule has 0 spiro atoms. The standard InChI is InChI=1S/C11H23NO2/c1-8(2)10(7-13)12-9-5-3-4-6-11(9)14/h8-14H,3-7H2,1-2H3/t9-,10?,11-/m1/s1. The highest BCUT2D eigenvalue weighted by atomic mass is 16.3. The second-order valence-electron chi connectivity index (χ2n) is 4.66.